The molecule has 0 heterocycles. The van der Waals surface area contributed by atoms with Crippen LogP contribution in [0.15, 0.2) is 18.2 Å². The van der Waals surface area contributed by atoms with Crippen LogP contribution in [0.25, 0.3) is 0 Å². The second-order valence-corrected chi connectivity index (χ2v) is 2.78. The van der Waals surface area contributed by atoms with Gasteiger partial charge in [0.15, 0.2) is 0 Å². The molecule has 0 radical (unpaired) electrons. The summed E-state index contributed by atoms with van der Waals surface area (Å²) in [5, 5.41) is 10.6. The van der Waals surface area contributed by atoms with Gasteiger partial charge < -0.3 is 5.73 Å². The molecule has 0 saturated carbocycles. The lowest BCUT2D eigenvalue weighted by Gasteiger charge is -1.96. The van der Waals surface area contributed by atoms with Crippen molar-refractivity contribution < 1.29 is 4.92 Å². The molecule has 1 aromatic carbocycles. The van der Waals surface area contributed by atoms with E-state index in [0.29, 0.717) is 5.56 Å². The van der Waals surface area contributed by atoms with Crippen LogP contribution in [0.5, 0.6) is 0 Å². The Bertz CT molecular complexity index is 416. The first-order valence-electron chi connectivity index (χ1n) is 4.09. The maximum absolute atomic E-state index is 10.6. The first-order valence-corrected chi connectivity index (χ1v) is 4.09. The minimum Gasteiger partial charge on any atom is -0.320 e. The minimum absolute atomic E-state index is 0.0246. The molecule has 4 nitrogen and oxygen atoms in total. The summed E-state index contributed by atoms with van der Waals surface area (Å²) < 4.78 is 0. The van der Waals surface area contributed by atoms with Gasteiger partial charge in [0, 0.05) is 6.07 Å². The smallest absolute Gasteiger partial charge is 0.284 e. The van der Waals surface area contributed by atoms with Crippen LogP contribution >= 0.6 is 0 Å². The number of benzene rings is 1. The van der Waals surface area contributed by atoms with E-state index in [4.69, 9.17) is 5.73 Å². The molecule has 0 atom stereocenters. The molecule has 0 aliphatic carbocycles. The highest BCUT2D eigenvalue weighted by Gasteiger charge is 2.10. The Labute approximate surface area is 81.9 Å². The van der Waals surface area contributed by atoms with Gasteiger partial charge in [-0.3, -0.25) is 10.1 Å². The van der Waals surface area contributed by atoms with E-state index in [1.165, 1.54) is 6.07 Å². The average molecular weight is 190 g/mol. The van der Waals surface area contributed by atoms with Crippen molar-refractivity contribution in [2.75, 3.05) is 6.54 Å². The summed E-state index contributed by atoms with van der Waals surface area (Å²) in [4.78, 5) is 10.2. The number of rotatable bonds is 1. The lowest BCUT2D eigenvalue weighted by Crippen LogP contribution is -1.95. The number of aryl methyl sites for hydroxylation is 1. The highest BCUT2D eigenvalue weighted by atomic mass is 16.6. The van der Waals surface area contributed by atoms with E-state index in [1.54, 1.807) is 12.1 Å². The number of nitrogens with two attached hydrogens (primary N) is 1. The second kappa shape index (κ2) is 4.40. The Morgan fingerprint density at radius 3 is 2.86 bits per heavy atom. The third-order valence-corrected chi connectivity index (χ3v) is 1.67. The number of hydrogen-bond acceptors (Lipinski definition) is 3. The van der Waals surface area contributed by atoms with Gasteiger partial charge in [0.2, 0.25) is 0 Å². The van der Waals surface area contributed by atoms with E-state index >= 15 is 0 Å². The molecule has 0 spiro atoms. The summed E-state index contributed by atoms with van der Waals surface area (Å²) in [6.45, 7) is 2.06. The maximum atomic E-state index is 10.6. The van der Waals surface area contributed by atoms with E-state index < -0.39 is 4.92 Å². The van der Waals surface area contributed by atoms with Crippen LogP contribution in [-0.2, 0) is 0 Å². The first-order chi connectivity index (χ1) is 6.65. The number of nitrogens with zero attached hydrogens (tertiary/aromatic N) is 1. The SMILES string of the molecule is Cc1ccc([N+](=O)[O-])c(C#CCN)c1. The van der Waals surface area contributed by atoms with Gasteiger partial charge in [-0.05, 0) is 18.6 Å². The van der Waals surface area contributed by atoms with Crippen LogP contribution in [0.3, 0.4) is 0 Å². The van der Waals surface area contributed by atoms with Crippen molar-refractivity contribution in [1.29, 1.82) is 0 Å². The summed E-state index contributed by atoms with van der Waals surface area (Å²) in [5.74, 6) is 5.28. The predicted molar refractivity (Wildman–Crippen MR) is 53.8 cm³/mol. The van der Waals surface area contributed by atoms with Crippen LogP contribution in [0.1, 0.15) is 11.1 Å². The molecule has 0 fully saturated rings. The molecule has 0 unspecified atom stereocenters. The molecular formula is C10H10N2O2. The fraction of sp³-hybridized carbons (Fsp3) is 0.200. The Morgan fingerprint density at radius 2 is 2.29 bits per heavy atom. The van der Waals surface area contributed by atoms with Crippen molar-refractivity contribution in [3.05, 3.63) is 39.4 Å². The topological polar surface area (TPSA) is 69.2 Å². The molecule has 4 heteroatoms. The van der Waals surface area contributed by atoms with Crippen LogP contribution in [0, 0.1) is 28.9 Å². The highest BCUT2D eigenvalue weighted by molar-refractivity contribution is 5.52. The number of hydrogen-bond donors (Lipinski definition) is 1. The summed E-state index contributed by atoms with van der Waals surface area (Å²) in [7, 11) is 0. The lowest BCUT2D eigenvalue weighted by molar-refractivity contribution is -0.385. The van der Waals surface area contributed by atoms with Crippen molar-refractivity contribution in [2.45, 2.75) is 6.92 Å². The van der Waals surface area contributed by atoms with Crippen LogP contribution in [-0.4, -0.2) is 11.5 Å². The van der Waals surface area contributed by atoms with Crippen molar-refractivity contribution in [3.63, 3.8) is 0 Å². The third kappa shape index (κ3) is 2.31. The average Bonchev–Trinajstić information content (AvgIpc) is 2.14. The van der Waals surface area contributed by atoms with Gasteiger partial charge >= 0.3 is 0 Å². The zero-order valence-corrected chi connectivity index (χ0v) is 7.78. The highest BCUT2D eigenvalue weighted by Crippen LogP contribution is 2.18. The normalized spacial score (nSPS) is 9.00. The number of nitro groups is 1. The Balaban J connectivity index is 3.22. The molecule has 0 bridgehead atoms. The van der Waals surface area contributed by atoms with Crippen LogP contribution in [0.2, 0.25) is 0 Å². The molecule has 1 rings (SSSR count). The Kier molecular flexibility index (Phi) is 3.21. The van der Waals surface area contributed by atoms with E-state index in [0.717, 1.165) is 5.56 Å². The predicted octanol–water partition coefficient (Wildman–Crippen LogP) is 1.21. The van der Waals surface area contributed by atoms with Gasteiger partial charge in [0.1, 0.15) is 5.56 Å². The van der Waals surface area contributed by atoms with Gasteiger partial charge in [-0.1, -0.05) is 17.9 Å². The Hall–Kier alpha value is -1.86. The zero-order valence-electron chi connectivity index (χ0n) is 7.78. The van der Waals surface area contributed by atoms with Crippen molar-refractivity contribution in [2.24, 2.45) is 5.73 Å². The van der Waals surface area contributed by atoms with E-state index in [1.807, 2.05) is 6.92 Å². The number of nitro benzene ring substituents is 1. The quantitative estimate of drug-likeness (QED) is 0.411. The first kappa shape index (κ1) is 10.2. The van der Waals surface area contributed by atoms with Gasteiger partial charge in [0.25, 0.3) is 5.69 Å². The molecule has 14 heavy (non-hydrogen) atoms. The summed E-state index contributed by atoms with van der Waals surface area (Å²) in [6, 6.07) is 4.82. The largest absolute Gasteiger partial charge is 0.320 e. The molecule has 0 aromatic heterocycles. The maximum Gasteiger partial charge on any atom is 0.284 e. The molecule has 0 aliphatic rings. The van der Waals surface area contributed by atoms with Crippen LogP contribution < -0.4 is 5.73 Å². The van der Waals surface area contributed by atoms with E-state index in [9.17, 15) is 10.1 Å². The van der Waals surface area contributed by atoms with Crippen molar-refractivity contribution in [1.82, 2.24) is 0 Å². The standard InChI is InChI=1S/C10H10N2O2/c1-8-4-5-10(12(13)14)9(7-8)3-2-6-11/h4-5,7H,6,11H2,1H3. The Morgan fingerprint density at radius 1 is 1.57 bits per heavy atom. The van der Waals surface area contributed by atoms with Crippen molar-refractivity contribution >= 4 is 5.69 Å². The van der Waals surface area contributed by atoms with Gasteiger partial charge in [-0.2, -0.15) is 0 Å². The fourth-order valence-corrected chi connectivity index (χ4v) is 1.06. The van der Waals surface area contributed by atoms with Gasteiger partial charge in [-0.15, -0.1) is 0 Å². The van der Waals surface area contributed by atoms with Gasteiger partial charge in [0.05, 0.1) is 11.5 Å². The fourth-order valence-electron chi connectivity index (χ4n) is 1.06. The molecule has 72 valence electrons. The zero-order chi connectivity index (χ0) is 10.6. The summed E-state index contributed by atoms with van der Waals surface area (Å²) in [5.41, 5.74) is 6.58. The molecule has 0 amide bonds. The molecule has 2 N–H and O–H groups in total. The summed E-state index contributed by atoms with van der Waals surface area (Å²) >= 11 is 0. The molecule has 1 aromatic rings. The second-order valence-electron chi connectivity index (χ2n) is 2.78. The molecule has 0 aliphatic heterocycles. The molecular weight excluding hydrogens is 180 g/mol. The molecule has 0 saturated heterocycles. The van der Waals surface area contributed by atoms with E-state index in [-0.39, 0.29) is 12.2 Å². The minimum atomic E-state index is -0.444. The van der Waals surface area contributed by atoms with Crippen molar-refractivity contribution in [3.8, 4) is 11.8 Å². The third-order valence-electron chi connectivity index (χ3n) is 1.67. The lowest BCUT2D eigenvalue weighted by atomic mass is 10.1. The van der Waals surface area contributed by atoms with Crippen LogP contribution in [0.4, 0.5) is 5.69 Å². The van der Waals surface area contributed by atoms with E-state index in [2.05, 4.69) is 11.8 Å². The summed E-state index contributed by atoms with van der Waals surface area (Å²) in [6.07, 6.45) is 0. The monoisotopic (exact) mass is 190 g/mol. The van der Waals surface area contributed by atoms with Gasteiger partial charge in [-0.25, -0.2) is 0 Å².